The molecule has 1 unspecified atom stereocenters. The lowest BCUT2D eigenvalue weighted by molar-refractivity contribution is -0.139. The number of carbonyl (C=O) groups is 2. The van der Waals surface area contributed by atoms with Crippen LogP contribution in [0.15, 0.2) is 84.9 Å². The third-order valence-corrected chi connectivity index (χ3v) is 5.74. The average molecular weight is 416 g/mol. The maximum absolute atomic E-state index is 14.1. The van der Waals surface area contributed by atoms with Gasteiger partial charge in [-0.15, -0.1) is 0 Å². The number of rotatable bonds is 6. The van der Waals surface area contributed by atoms with Crippen molar-refractivity contribution in [3.8, 4) is 0 Å². The zero-order valence-electron chi connectivity index (χ0n) is 17.2. The van der Waals surface area contributed by atoms with Gasteiger partial charge in [0.1, 0.15) is 5.82 Å². The predicted octanol–water partition coefficient (Wildman–Crippen LogP) is 4.47. The van der Waals surface area contributed by atoms with Crippen molar-refractivity contribution in [1.29, 1.82) is 0 Å². The minimum absolute atomic E-state index is 0.0463. The van der Waals surface area contributed by atoms with Crippen LogP contribution in [0.1, 0.15) is 35.6 Å². The Morgan fingerprint density at radius 3 is 2.13 bits per heavy atom. The summed E-state index contributed by atoms with van der Waals surface area (Å²) in [6.07, 6.45) is 0.780. The highest BCUT2D eigenvalue weighted by atomic mass is 19.1. The number of carbonyl (C=O) groups excluding carboxylic acids is 2. The monoisotopic (exact) mass is 416 g/mol. The normalized spacial score (nSPS) is 16.4. The molecule has 1 fully saturated rings. The summed E-state index contributed by atoms with van der Waals surface area (Å²) in [5.74, 6) is -0.812. The molecule has 0 bridgehead atoms. The highest BCUT2D eigenvalue weighted by molar-refractivity contribution is 5.84. The van der Waals surface area contributed by atoms with Crippen molar-refractivity contribution in [2.75, 3.05) is 6.54 Å². The molecule has 0 radical (unpaired) electrons. The van der Waals surface area contributed by atoms with E-state index in [-0.39, 0.29) is 49.1 Å². The van der Waals surface area contributed by atoms with Crippen LogP contribution in [0.2, 0.25) is 0 Å². The Morgan fingerprint density at radius 1 is 0.935 bits per heavy atom. The summed E-state index contributed by atoms with van der Waals surface area (Å²) in [4.78, 5) is 27.2. The van der Waals surface area contributed by atoms with Gasteiger partial charge in [-0.05, 0) is 23.6 Å². The standard InChI is InChI=1S/C26H25FN2O2/c27-23-14-8-7-13-21(23)17-29-18-22(15-16-24(29)30)26(31)28-25(19-9-3-1-4-10-19)20-11-5-2-6-12-20/h1-14,22,25H,15-18H2,(H,28,31). The molecule has 1 saturated heterocycles. The van der Waals surface area contributed by atoms with Crippen LogP contribution in [0.4, 0.5) is 4.39 Å². The SMILES string of the molecule is O=C(NC(c1ccccc1)c1ccccc1)C1CCC(=O)N(Cc2ccccc2F)C1. The number of hydrogen-bond donors (Lipinski definition) is 1. The first-order valence-corrected chi connectivity index (χ1v) is 10.5. The Kier molecular flexibility index (Phi) is 6.41. The molecule has 3 aromatic carbocycles. The molecule has 31 heavy (non-hydrogen) atoms. The molecule has 1 atom stereocenters. The number of nitrogens with zero attached hydrogens (tertiary/aromatic N) is 1. The van der Waals surface area contributed by atoms with E-state index in [9.17, 15) is 14.0 Å². The summed E-state index contributed by atoms with van der Waals surface area (Å²) in [7, 11) is 0. The molecule has 1 N–H and O–H groups in total. The van der Waals surface area contributed by atoms with Crippen molar-refractivity contribution in [1.82, 2.24) is 10.2 Å². The van der Waals surface area contributed by atoms with E-state index in [4.69, 9.17) is 0 Å². The maximum Gasteiger partial charge on any atom is 0.225 e. The fourth-order valence-corrected chi connectivity index (χ4v) is 4.02. The summed E-state index contributed by atoms with van der Waals surface area (Å²) >= 11 is 0. The Hall–Kier alpha value is -3.47. The Bertz CT molecular complexity index is 1000. The second-order valence-corrected chi connectivity index (χ2v) is 7.86. The van der Waals surface area contributed by atoms with E-state index >= 15 is 0 Å². The Labute approximate surface area is 181 Å². The first-order valence-electron chi connectivity index (χ1n) is 10.5. The van der Waals surface area contributed by atoms with E-state index in [0.29, 0.717) is 12.0 Å². The van der Waals surface area contributed by atoms with Crippen molar-refractivity contribution in [2.45, 2.75) is 25.4 Å². The van der Waals surface area contributed by atoms with Crippen molar-refractivity contribution in [3.63, 3.8) is 0 Å². The van der Waals surface area contributed by atoms with Gasteiger partial charge in [-0.1, -0.05) is 78.9 Å². The van der Waals surface area contributed by atoms with Crippen LogP contribution < -0.4 is 5.32 Å². The number of halogens is 1. The van der Waals surface area contributed by atoms with E-state index in [1.807, 2.05) is 60.7 Å². The molecule has 0 aromatic heterocycles. The van der Waals surface area contributed by atoms with Gasteiger partial charge in [0.25, 0.3) is 0 Å². The van der Waals surface area contributed by atoms with Crippen LogP contribution in [-0.4, -0.2) is 23.3 Å². The fourth-order valence-electron chi connectivity index (χ4n) is 4.02. The van der Waals surface area contributed by atoms with Crippen LogP contribution in [0.3, 0.4) is 0 Å². The van der Waals surface area contributed by atoms with Crippen LogP contribution in [0, 0.1) is 11.7 Å². The van der Waals surface area contributed by atoms with Gasteiger partial charge in [-0.3, -0.25) is 9.59 Å². The molecule has 0 spiro atoms. The number of likely N-dealkylation sites (tertiary alicyclic amines) is 1. The van der Waals surface area contributed by atoms with Gasteiger partial charge < -0.3 is 10.2 Å². The molecule has 1 heterocycles. The molecule has 4 rings (SSSR count). The maximum atomic E-state index is 14.1. The lowest BCUT2D eigenvalue weighted by Gasteiger charge is -2.33. The second-order valence-electron chi connectivity index (χ2n) is 7.86. The fraction of sp³-hybridized carbons (Fsp3) is 0.231. The molecular formula is C26H25FN2O2. The zero-order valence-corrected chi connectivity index (χ0v) is 17.2. The molecule has 1 aliphatic rings. The van der Waals surface area contributed by atoms with E-state index in [2.05, 4.69) is 5.32 Å². The van der Waals surface area contributed by atoms with E-state index in [1.54, 1.807) is 23.1 Å². The van der Waals surface area contributed by atoms with Crippen molar-refractivity contribution < 1.29 is 14.0 Å². The molecule has 3 aromatic rings. The second kappa shape index (κ2) is 9.56. The average Bonchev–Trinajstić information content (AvgIpc) is 2.81. The van der Waals surface area contributed by atoms with E-state index < -0.39 is 0 Å². The third kappa shape index (κ3) is 5.00. The minimum atomic E-state index is -0.338. The number of piperidine rings is 1. The van der Waals surface area contributed by atoms with E-state index in [0.717, 1.165) is 11.1 Å². The third-order valence-electron chi connectivity index (χ3n) is 5.74. The zero-order chi connectivity index (χ0) is 21.6. The van der Waals surface area contributed by atoms with Gasteiger partial charge in [-0.25, -0.2) is 4.39 Å². The molecular weight excluding hydrogens is 391 g/mol. The Morgan fingerprint density at radius 2 is 1.52 bits per heavy atom. The first-order chi connectivity index (χ1) is 15.1. The summed E-state index contributed by atoms with van der Waals surface area (Å²) in [6.45, 7) is 0.464. The van der Waals surface area contributed by atoms with Crippen LogP contribution in [0.25, 0.3) is 0 Å². The van der Waals surface area contributed by atoms with Crippen LogP contribution in [0.5, 0.6) is 0 Å². The molecule has 2 amide bonds. The summed E-state index contributed by atoms with van der Waals surface area (Å²) in [5, 5.41) is 3.18. The summed E-state index contributed by atoms with van der Waals surface area (Å²) < 4.78 is 14.1. The van der Waals surface area contributed by atoms with Crippen LogP contribution in [-0.2, 0) is 16.1 Å². The van der Waals surface area contributed by atoms with Crippen LogP contribution >= 0.6 is 0 Å². The van der Waals surface area contributed by atoms with Gasteiger partial charge in [0, 0.05) is 25.1 Å². The number of hydrogen-bond acceptors (Lipinski definition) is 2. The molecule has 0 aliphatic carbocycles. The number of nitrogens with one attached hydrogen (secondary N) is 1. The molecule has 1 aliphatic heterocycles. The summed E-state index contributed by atoms with van der Waals surface area (Å²) in [6, 6.07) is 25.8. The minimum Gasteiger partial charge on any atom is -0.345 e. The number of benzene rings is 3. The van der Waals surface area contributed by atoms with Crippen molar-refractivity contribution in [3.05, 3.63) is 107 Å². The topological polar surface area (TPSA) is 49.4 Å². The van der Waals surface area contributed by atoms with Gasteiger partial charge in [0.05, 0.1) is 12.0 Å². The van der Waals surface area contributed by atoms with Gasteiger partial charge in [-0.2, -0.15) is 0 Å². The smallest absolute Gasteiger partial charge is 0.225 e. The number of amides is 2. The lowest BCUT2D eigenvalue weighted by atomic mass is 9.93. The van der Waals surface area contributed by atoms with Crippen molar-refractivity contribution >= 4 is 11.8 Å². The van der Waals surface area contributed by atoms with E-state index in [1.165, 1.54) is 6.07 Å². The Balaban J connectivity index is 1.50. The van der Waals surface area contributed by atoms with Crippen molar-refractivity contribution in [2.24, 2.45) is 5.92 Å². The lowest BCUT2D eigenvalue weighted by Crippen LogP contribution is -2.46. The molecule has 0 saturated carbocycles. The molecule has 4 nitrogen and oxygen atoms in total. The van der Waals surface area contributed by atoms with Gasteiger partial charge in [0.15, 0.2) is 0 Å². The highest BCUT2D eigenvalue weighted by Crippen LogP contribution is 2.25. The first kappa shape index (κ1) is 20.8. The quantitative estimate of drug-likeness (QED) is 0.645. The molecule has 5 heteroatoms. The largest absolute Gasteiger partial charge is 0.345 e. The predicted molar refractivity (Wildman–Crippen MR) is 117 cm³/mol. The highest BCUT2D eigenvalue weighted by Gasteiger charge is 2.32. The van der Waals surface area contributed by atoms with Gasteiger partial charge >= 0.3 is 0 Å². The summed E-state index contributed by atoms with van der Waals surface area (Å²) in [5.41, 5.74) is 2.46. The van der Waals surface area contributed by atoms with Gasteiger partial charge in [0.2, 0.25) is 11.8 Å². The molecule has 158 valence electrons.